The van der Waals surface area contributed by atoms with Crippen LogP contribution in [0.15, 0.2) is 58.7 Å². The number of hydrogen-bond donors (Lipinski definition) is 3. The summed E-state index contributed by atoms with van der Waals surface area (Å²) in [5, 5.41) is 6.48. The molecule has 0 amide bonds. The van der Waals surface area contributed by atoms with Gasteiger partial charge in [0.1, 0.15) is 18.1 Å². The maximum absolute atomic E-state index is 12.3. The third-order valence-corrected chi connectivity index (χ3v) is 5.00. The molecule has 0 aliphatic carbocycles. The summed E-state index contributed by atoms with van der Waals surface area (Å²) in [5.74, 6) is 0.735. The van der Waals surface area contributed by atoms with E-state index in [0.717, 1.165) is 43.9 Å². The number of aromatic amines is 2. The van der Waals surface area contributed by atoms with Crippen molar-refractivity contribution in [3.05, 3.63) is 64.9 Å². The highest BCUT2D eigenvalue weighted by atomic mass is 16.5. The smallest absolute Gasteiger partial charge is 0.275 e. The third-order valence-electron chi connectivity index (χ3n) is 5.00. The number of hydrogen-bond acceptors (Lipinski definition) is 8. The molecule has 1 fully saturated rings. The minimum atomic E-state index is -0.365. The quantitative estimate of drug-likeness (QED) is 0.360. The molecule has 10 nitrogen and oxygen atoms in total. The second-order valence-electron chi connectivity index (χ2n) is 7.19. The molecule has 4 N–H and O–H groups in total. The Bertz CT molecular complexity index is 1170. The van der Waals surface area contributed by atoms with Crippen molar-refractivity contribution in [3.63, 3.8) is 0 Å². The number of nitrogens with two attached hydrogens (primary N) is 1. The lowest BCUT2D eigenvalue weighted by Gasteiger charge is -2.26. The Morgan fingerprint density at radius 1 is 1.34 bits per heavy atom. The average Bonchev–Trinajstić information content (AvgIpc) is 3.24. The molecule has 2 aromatic heterocycles. The van der Waals surface area contributed by atoms with Crippen LogP contribution >= 0.6 is 0 Å². The summed E-state index contributed by atoms with van der Waals surface area (Å²) in [6.45, 7) is 8.38. The first-order chi connectivity index (χ1) is 15.6. The van der Waals surface area contributed by atoms with Crippen LogP contribution in [0.5, 0.6) is 0 Å². The first-order valence-electron chi connectivity index (χ1n) is 10.3. The van der Waals surface area contributed by atoms with Gasteiger partial charge in [0.25, 0.3) is 5.56 Å². The van der Waals surface area contributed by atoms with E-state index in [9.17, 15) is 4.79 Å². The summed E-state index contributed by atoms with van der Waals surface area (Å²) < 4.78 is 10.9. The molecule has 0 spiro atoms. The molecular formula is C22H25N7O3. The first-order valence-corrected chi connectivity index (χ1v) is 10.3. The fourth-order valence-electron chi connectivity index (χ4n) is 3.25. The summed E-state index contributed by atoms with van der Waals surface area (Å²) in [6, 6.07) is 9.13. The molecule has 0 atom stereocenters. The van der Waals surface area contributed by atoms with Crippen molar-refractivity contribution in [1.82, 2.24) is 25.1 Å². The molecule has 0 saturated carbocycles. The number of nitrogens with zero attached hydrogens (tertiary/aromatic N) is 4. The number of H-pyrrole nitrogens is 2. The monoisotopic (exact) mass is 435 g/mol. The molecule has 3 heterocycles. The SMILES string of the molecule is C=C(N=C/C=C(\N)c1cc(-c2nc3ccccc3[nH]2)c(=O)[nH]n1)OCCN1CCOCC1. The fraction of sp³-hybridized carbons (Fsp3) is 0.273. The lowest BCUT2D eigenvalue weighted by Crippen LogP contribution is -2.38. The molecule has 1 aliphatic rings. The topological polar surface area (TPSA) is 135 Å². The molecule has 3 aromatic rings. The van der Waals surface area contributed by atoms with Crippen molar-refractivity contribution in [3.8, 4) is 11.4 Å². The molecule has 10 heteroatoms. The molecule has 1 saturated heterocycles. The maximum atomic E-state index is 12.3. The van der Waals surface area contributed by atoms with Crippen molar-refractivity contribution in [2.24, 2.45) is 10.7 Å². The van der Waals surface area contributed by atoms with Crippen molar-refractivity contribution in [2.75, 3.05) is 39.5 Å². The maximum Gasteiger partial charge on any atom is 0.275 e. The number of morpholine rings is 1. The van der Waals surface area contributed by atoms with E-state index in [1.165, 1.54) is 6.21 Å². The van der Waals surface area contributed by atoms with Gasteiger partial charge in [0.15, 0.2) is 0 Å². The van der Waals surface area contributed by atoms with Crippen LogP contribution < -0.4 is 11.3 Å². The number of allylic oxidation sites excluding steroid dienone is 1. The van der Waals surface area contributed by atoms with E-state index in [1.807, 2.05) is 24.3 Å². The van der Waals surface area contributed by atoms with Crippen LogP contribution in [0, 0.1) is 0 Å². The summed E-state index contributed by atoms with van der Waals surface area (Å²) >= 11 is 0. The van der Waals surface area contributed by atoms with Gasteiger partial charge in [-0.1, -0.05) is 12.1 Å². The Hall–Kier alpha value is -3.76. The number of aliphatic imine (C=N–C) groups is 1. The number of para-hydroxylation sites is 2. The van der Waals surface area contributed by atoms with Gasteiger partial charge in [-0.25, -0.2) is 15.1 Å². The lowest BCUT2D eigenvalue weighted by atomic mass is 10.2. The molecule has 166 valence electrons. The zero-order valence-electron chi connectivity index (χ0n) is 17.6. The molecule has 0 radical (unpaired) electrons. The predicted octanol–water partition coefficient (Wildman–Crippen LogP) is 1.50. The fourth-order valence-corrected chi connectivity index (χ4v) is 3.25. The van der Waals surface area contributed by atoms with Gasteiger partial charge >= 0.3 is 0 Å². The van der Waals surface area contributed by atoms with E-state index in [1.54, 1.807) is 12.1 Å². The van der Waals surface area contributed by atoms with Crippen molar-refractivity contribution in [2.45, 2.75) is 0 Å². The number of aromatic nitrogens is 4. The van der Waals surface area contributed by atoms with Crippen LogP contribution in [0.1, 0.15) is 5.69 Å². The van der Waals surface area contributed by atoms with Crippen LogP contribution in [-0.2, 0) is 9.47 Å². The largest absolute Gasteiger partial charge is 0.477 e. The van der Waals surface area contributed by atoms with E-state index in [2.05, 4.69) is 36.6 Å². The van der Waals surface area contributed by atoms with Crippen LogP contribution in [0.25, 0.3) is 28.1 Å². The van der Waals surface area contributed by atoms with Gasteiger partial charge in [0.2, 0.25) is 5.88 Å². The number of rotatable bonds is 8. The summed E-state index contributed by atoms with van der Waals surface area (Å²) in [6.07, 6.45) is 3.06. The Labute approximate surface area is 184 Å². The first kappa shape index (κ1) is 21.5. The van der Waals surface area contributed by atoms with Gasteiger partial charge < -0.3 is 20.2 Å². The number of fused-ring (bicyclic) bond motifs is 1. The second-order valence-corrected chi connectivity index (χ2v) is 7.19. The van der Waals surface area contributed by atoms with Gasteiger partial charge in [-0.2, -0.15) is 5.10 Å². The van der Waals surface area contributed by atoms with Gasteiger partial charge in [-0.3, -0.25) is 9.69 Å². The summed E-state index contributed by atoms with van der Waals surface area (Å²) in [7, 11) is 0. The highest BCUT2D eigenvalue weighted by molar-refractivity contribution is 5.84. The zero-order chi connectivity index (χ0) is 22.3. The van der Waals surface area contributed by atoms with E-state index in [-0.39, 0.29) is 5.56 Å². The van der Waals surface area contributed by atoms with Gasteiger partial charge in [-0.15, -0.1) is 0 Å². The van der Waals surface area contributed by atoms with Gasteiger partial charge in [-0.05, 0) is 30.9 Å². The Balaban J connectivity index is 1.39. The van der Waals surface area contributed by atoms with Crippen molar-refractivity contribution >= 4 is 22.9 Å². The molecular weight excluding hydrogens is 410 g/mol. The molecule has 1 aliphatic heterocycles. The predicted molar refractivity (Wildman–Crippen MR) is 123 cm³/mol. The highest BCUT2D eigenvalue weighted by Crippen LogP contribution is 2.18. The average molecular weight is 435 g/mol. The number of benzene rings is 1. The van der Waals surface area contributed by atoms with E-state index in [0.29, 0.717) is 35.3 Å². The number of ether oxygens (including phenoxy) is 2. The normalized spacial score (nSPS) is 15.4. The van der Waals surface area contributed by atoms with Crippen LogP contribution in [0.2, 0.25) is 0 Å². The lowest BCUT2D eigenvalue weighted by molar-refractivity contribution is 0.0275. The molecule has 0 unspecified atom stereocenters. The Morgan fingerprint density at radius 3 is 2.97 bits per heavy atom. The highest BCUT2D eigenvalue weighted by Gasteiger charge is 2.12. The summed E-state index contributed by atoms with van der Waals surface area (Å²) in [5.41, 5.74) is 8.41. The third kappa shape index (κ3) is 5.29. The summed E-state index contributed by atoms with van der Waals surface area (Å²) in [4.78, 5) is 26.3. The zero-order valence-corrected chi connectivity index (χ0v) is 17.6. The minimum absolute atomic E-state index is 0.291. The number of nitrogens with one attached hydrogen (secondary N) is 2. The second kappa shape index (κ2) is 10.0. The molecule has 1 aromatic carbocycles. The Morgan fingerprint density at radius 2 is 2.16 bits per heavy atom. The number of imidazole rings is 1. The van der Waals surface area contributed by atoms with Crippen LogP contribution in [0.4, 0.5) is 0 Å². The van der Waals surface area contributed by atoms with Crippen LogP contribution in [0.3, 0.4) is 0 Å². The molecule has 32 heavy (non-hydrogen) atoms. The van der Waals surface area contributed by atoms with Crippen molar-refractivity contribution < 1.29 is 9.47 Å². The molecule has 4 rings (SSSR count). The van der Waals surface area contributed by atoms with E-state index in [4.69, 9.17) is 15.2 Å². The Kier molecular flexibility index (Phi) is 6.73. The minimum Gasteiger partial charge on any atom is -0.477 e. The van der Waals surface area contributed by atoms with E-state index < -0.39 is 0 Å². The standard InChI is InChI=1S/C22H25N7O3/c1-15(32-13-10-29-8-11-31-12-9-29)24-7-6-17(23)20-14-16(22(30)28-27-20)21-25-18-4-2-3-5-19(18)26-21/h2-7,14H,1,8-13,23H2,(H,25,26)(H,28,30)/b17-6-,24-7?. The van der Waals surface area contributed by atoms with Crippen molar-refractivity contribution in [1.29, 1.82) is 0 Å². The van der Waals surface area contributed by atoms with Gasteiger partial charge in [0.05, 0.1) is 35.5 Å². The van der Waals surface area contributed by atoms with E-state index >= 15 is 0 Å². The van der Waals surface area contributed by atoms with Gasteiger partial charge in [0, 0.05) is 25.8 Å². The molecule has 0 bridgehead atoms. The van der Waals surface area contributed by atoms with Crippen LogP contribution in [-0.4, -0.2) is 70.7 Å².